The number of rotatable bonds is 7. The molecule has 1 saturated heterocycles. The molecule has 7 heteroatoms. The molecule has 126 valence electrons. The van der Waals surface area contributed by atoms with Crippen molar-refractivity contribution < 1.29 is 5.11 Å². The predicted molar refractivity (Wildman–Crippen MR) is 90.1 cm³/mol. The third kappa shape index (κ3) is 4.38. The van der Waals surface area contributed by atoms with Gasteiger partial charge in [0.25, 0.3) is 0 Å². The van der Waals surface area contributed by atoms with Crippen molar-refractivity contribution in [1.29, 1.82) is 0 Å². The Morgan fingerprint density at radius 2 is 1.82 bits per heavy atom. The van der Waals surface area contributed by atoms with Crippen LogP contribution in [-0.4, -0.2) is 62.0 Å². The van der Waals surface area contributed by atoms with Crippen LogP contribution in [0.5, 0.6) is 0 Å². The first-order valence-electron chi connectivity index (χ1n) is 8.27. The van der Waals surface area contributed by atoms with Crippen LogP contribution in [0.3, 0.4) is 0 Å². The molecule has 0 bridgehead atoms. The van der Waals surface area contributed by atoms with Crippen LogP contribution in [0.2, 0.25) is 0 Å². The Bertz CT molecular complexity index is 516. The summed E-state index contributed by atoms with van der Waals surface area (Å²) in [5, 5.41) is 13.9. The smallest absolute Gasteiger partial charge is 0.199 e. The van der Waals surface area contributed by atoms with Gasteiger partial charge in [0, 0.05) is 39.3 Å². The highest BCUT2D eigenvalue weighted by Gasteiger charge is 2.19. The molecule has 1 aliphatic rings. The number of hydrogen-bond donors (Lipinski definition) is 1. The number of aliphatic hydroxyl groups excluding tert-OH is 1. The third-order valence-corrected chi connectivity index (χ3v) is 4.44. The molecule has 2 rings (SSSR count). The highest BCUT2D eigenvalue weighted by Crippen LogP contribution is 2.09. The molecular formula is C15H29N5OS. The molecule has 0 spiro atoms. The molecule has 0 saturated carbocycles. The second kappa shape index (κ2) is 8.19. The fourth-order valence-corrected chi connectivity index (χ4v) is 3.26. The van der Waals surface area contributed by atoms with Gasteiger partial charge in [-0.1, -0.05) is 20.8 Å². The van der Waals surface area contributed by atoms with E-state index in [0.29, 0.717) is 5.82 Å². The van der Waals surface area contributed by atoms with Gasteiger partial charge in [-0.05, 0) is 24.6 Å². The van der Waals surface area contributed by atoms with E-state index < -0.39 is 0 Å². The lowest BCUT2D eigenvalue weighted by molar-refractivity contribution is 0.0947. The first kappa shape index (κ1) is 17.6. The van der Waals surface area contributed by atoms with E-state index in [1.165, 1.54) is 6.54 Å². The summed E-state index contributed by atoms with van der Waals surface area (Å²) in [6.45, 7) is 13.6. The van der Waals surface area contributed by atoms with Crippen molar-refractivity contribution in [1.82, 2.24) is 24.1 Å². The van der Waals surface area contributed by atoms with Crippen molar-refractivity contribution >= 4 is 12.2 Å². The van der Waals surface area contributed by atoms with Crippen LogP contribution in [-0.2, 0) is 19.8 Å². The van der Waals surface area contributed by atoms with Crippen molar-refractivity contribution in [3.8, 4) is 0 Å². The van der Waals surface area contributed by atoms with Gasteiger partial charge < -0.3 is 14.6 Å². The van der Waals surface area contributed by atoms with Gasteiger partial charge >= 0.3 is 0 Å². The molecule has 2 heterocycles. The molecule has 1 N–H and O–H groups in total. The van der Waals surface area contributed by atoms with Crippen LogP contribution >= 0.6 is 12.2 Å². The van der Waals surface area contributed by atoms with Gasteiger partial charge in [0.1, 0.15) is 6.61 Å². The van der Waals surface area contributed by atoms with Crippen LogP contribution in [0.1, 0.15) is 33.0 Å². The summed E-state index contributed by atoms with van der Waals surface area (Å²) in [7, 11) is 0. The largest absolute Gasteiger partial charge is 0.388 e. The summed E-state index contributed by atoms with van der Waals surface area (Å²) in [5.41, 5.74) is 0. The lowest BCUT2D eigenvalue weighted by Crippen LogP contribution is -2.47. The topological polar surface area (TPSA) is 49.5 Å². The Morgan fingerprint density at radius 1 is 1.18 bits per heavy atom. The molecular weight excluding hydrogens is 298 g/mol. The van der Waals surface area contributed by atoms with Gasteiger partial charge in [0.2, 0.25) is 0 Å². The molecule has 0 aliphatic carbocycles. The Labute approximate surface area is 138 Å². The first-order valence-corrected chi connectivity index (χ1v) is 8.68. The zero-order chi connectivity index (χ0) is 16.1. The number of nitrogens with zero attached hydrogens (tertiary/aromatic N) is 5. The molecule has 6 nitrogen and oxygen atoms in total. The van der Waals surface area contributed by atoms with Gasteiger partial charge in [0.15, 0.2) is 10.6 Å². The Morgan fingerprint density at radius 3 is 2.36 bits per heavy atom. The molecule has 1 aromatic heterocycles. The average molecular weight is 327 g/mol. The number of hydrogen-bond acceptors (Lipinski definition) is 5. The summed E-state index contributed by atoms with van der Waals surface area (Å²) >= 11 is 5.51. The van der Waals surface area contributed by atoms with Crippen LogP contribution in [0.4, 0.5) is 0 Å². The second-order valence-electron chi connectivity index (χ2n) is 6.46. The summed E-state index contributed by atoms with van der Waals surface area (Å²) in [6.07, 6.45) is 0.987. The minimum absolute atomic E-state index is 0.0567. The van der Waals surface area contributed by atoms with Crippen LogP contribution in [0, 0.1) is 10.7 Å². The van der Waals surface area contributed by atoms with Gasteiger partial charge in [-0.15, -0.1) is 0 Å². The molecule has 1 aromatic rings. The molecule has 0 unspecified atom stereocenters. The van der Waals surface area contributed by atoms with E-state index in [9.17, 15) is 5.11 Å². The zero-order valence-corrected chi connectivity index (χ0v) is 14.8. The normalized spacial score (nSPS) is 17.5. The molecule has 0 atom stereocenters. The minimum Gasteiger partial charge on any atom is -0.388 e. The van der Waals surface area contributed by atoms with Crippen LogP contribution < -0.4 is 0 Å². The van der Waals surface area contributed by atoms with Crippen molar-refractivity contribution in [3.63, 3.8) is 0 Å². The molecule has 0 aromatic carbocycles. The maximum atomic E-state index is 9.44. The highest BCUT2D eigenvalue weighted by molar-refractivity contribution is 7.71. The van der Waals surface area contributed by atoms with E-state index in [2.05, 4.69) is 35.7 Å². The molecule has 1 aliphatic heterocycles. The monoisotopic (exact) mass is 327 g/mol. The molecule has 0 amide bonds. The van der Waals surface area contributed by atoms with Gasteiger partial charge in [-0.25, -0.2) is 4.68 Å². The number of aliphatic hydroxyl groups is 1. The quantitative estimate of drug-likeness (QED) is 0.770. The van der Waals surface area contributed by atoms with E-state index in [0.717, 1.165) is 56.5 Å². The summed E-state index contributed by atoms with van der Waals surface area (Å²) < 4.78 is 4.52. The Balaban J connectivity index is 1.96. The van der Waals surface area contributed by atoms with Crippen LogP contribution in [0.25, 0.3) is 0 Å². The van der Waals surface area contributed by atoms with Crippen molar-refractivity contribution in [2.24, 2.45) is 5.92 Å². The van der Waals surface area contributed by atoms with Crippen molar-refractivity contribution in [2.75, 3.05) is 32.7 Å². The highest BCUT2D eigenvalue weighted by atomic mass is 32.1. The van der Waals surface area contributed by atoms with E-state index in [-0.39, 0.29) is 6.61 Å². The maximum Gasteiger partial charge on any atom is 0.199 e. The second-order valence-corrected chi connectivity index (χ2v) is 6.83. The van der Waals surface area contributed by atoms with Crippen LogP contribution in [0.15, 0.2) is 0 Å². The Kier molecular flexibility index (Phi) is 6.55. The lowest BCUT2D eigenvalue weighted by Gasteiger charge is -2.35. The SMILES string of the molecule is CCCn1c(CO)nn(CN2CCN(CC(C)C)CC2)c1=S. The van der Waals surface area contributed by atoms with Gasteiger partial charge in [0.05, 0.1) is 6.67 Å². The first-order chi connectivity index (χ1) is 10.5. The van der Waals surface area contributed by atoms with Crippen molar-refractivity contribution in [2.45, 2.75) is 47.0 Å². The summed E-state index contributed by atoms with van der Waals surface area (Å²) in [6, 6.07) is 0. The minimum atomic E-state index is -0.0567. The number of aromatic nitrogens is 3. The maximum absolute atomic E-state index is 9.44. The Hall–Kier alpha value is -0.760. The molecule has 22 heavy (non-hydrogen) atoms. The van der Waals surface area contributed by atoms with E-state index in [4.69, 9.17) is 12.2 Å². The predicted octanol–water partition coefficient (Wildman–Crippen LogP) is 1.55. The standard InChI is InChI=1S/C15H29N5OS/c1-4-5-19-14(11-21)16-20(15(19)22)12-18-8-6-17(7-9-18)10-13(2)3/h13,21H,4-12H2,1-3H3. The zero-order valence-electron chi connectivity index (χ0n) is 14.0. The average Bonchev–Trinajstić information content (AvgIpc) is 2.78. The number of piperazine rings is 1. The lowest BCUT2D eigenvalue weighted by atomic mass is 10.2. The summed E-state index contributed by atoms with van der Waals surface area (Å²) in [4.78, 5) is 4.91. The van der Waals surface area contributed by atoms with Gasteiger partial charge in [-0.2, -0.15) is 5.10 Å². The fraction of sp³-hybridized carbons (Fsp3) is 0.867. The molecule has 0 radical (unpaired) electrons. The van der Waals surface area contributed by atoms with E-state index in [1.54, 1.807) is 0 Å². The third-order valence-electron chi connectivity index (χ3n) is 4.01. The van der Waals surface area contributed by atoms with Gasteiger partial charge in [-0.3, -0.25) is 4.90 Å². The van der Waals surface area contributed by atoms with E-state index >= 15 is 0 Å². The van der Waals surface area contributed by atoms with E-state index in [1.807, 2.05) is 9.25 Å². The fourth-order valence-electron chi connectivity index (χ4n) is 2.96. The molecule has 1 fully saturated rings. The van der Waals surface area contributed by atoms with Crippen molar-refractivity contribution in [3.05, 3.63) is 10.6 Å². The summed E-state index contributed by atoms with van der Waals surface area (Å²) in [5.74, 6) is 1.39.